The predicted molar refractivity (Wildman–Crippen MR) is 250 cm³/mol. The number of carbonyl (C=O) groups excluding carboxylic acids is 1. The molecule has 0 N–H and O–H groups in total. The maximum atomic E-state index is 14.7. The number of rotatable bonds is 6. The van der Waals surface area contributed by atoms with Gasteiger partial charge in [0, 0.05) is 33.3 Å². The van der Waals surface area contributed by atoms with Gasteiger partial charge in [-0.3, -0.25) is 4.79 Å². The Labute approximate surface area is 354 Å². The molecule has 0 amide bonds. The van der Waals surface area contributed by atoms with Crippen LogP contribution in [-0.4, -0.2) is 5.78 Å². The van der Waals surface area contributed by atoms with Crippen molar-refractivity contribution in [3.63, 3.8) is 0 Å². The van der Waals surface area contributed by atoms with Gasteiger partial charge in [-0.1, -0.05) is 149 Å². The molecule has 292 valence electrons. The first kappa shape index (κ1) is 37.3. The van der Waals surface area contributed by atoms with Gasteiger partial charge in [-0.25, -0.2) is 0 Å². The van der Waals surface area contributed by atoms with Crippen LogP contribution in [0, 0.1) is 13.8 Å². The third-order valence-electron chi connectivity index (χ3n) is 13.1. The van der Waals surface area contributed by atoms with E-state index in [1.165, 1.54) is 45.0 Å². The van der Waals surface area contributed by atoms with Crippen molar-refractivity contribution < 1.29 is 4.79 Å². The standard InChI is InChI=1S/C57H48N2O/c1-37-29-31-41(39-17-15-19-43(33-39)58-51-25-11-7-21-47(51)56(3,4)48-22-8-12-26-52(48)58)35-45(37)55(60)46-36-42(32-30-38(46)2)40-18-16-20-44(34-40)59-53-27-13-9-23-49(53)57(5,6)50-24-10-14-28-54(50)59/h7-36H,1-6H3. The lowest BCUT2D eigenvalue weighted by atomic mass is 9.73. The Morgan fingerprint density at radius 2 is 0.683 bits per heavy atom. The minimum atomic E-state index is -0.130. The van der Waals surface area contributed by atoms with E-state index in [4.69, 9.17) is 0 Å². The Balaban J connectivity index is 1.00. The third kappa shape index (κ3) is 5.91. The second-order valence-corrected chi connectivity index (χ2v) is 17.5. The zero-order valence-corrected chi connectivity index (χ0v) is 35.1. The number of ketones is 1. The highest BCUT2D eigenvalue weighted by Gasteiger charge is 2.38. The fourth-order valence-electron chi connectivity index (χ4n) is 9.78. The lowest BCUT2D eigenvalue weighted by molar-refractivity contribution is 0.103. The third-order valence-corrected chi connectivity index (χ3v) is 13.1. The number of nitrogens with zero attached hydrogens (tertiary/aromatic N) is 2. The smallest absolute Gasteiger partial charge is 0.193 e. The number of benzene rings is 8. The molecule has 2 aliphatic heterocycles. The summed E-state index contributed by atoms with van der Waals surface area (Å²) < 4.78 is 0. The van der Waals surface area contributed by atoms with Crippen molar-refractivity contribution in [2.24, 2.45) is 0 Å². The summed E-state index contributed by atoms with van der Waals surface area (Å²) in [5.74, 6) is 0.0308. The normalized spacial score (nSPS) is 14.4. The predicted octanol–water partition coefficient (Wildman–Crippen LogP) is 15.1. The molecule has 0 aliphatic carbocycles. The van der Waals surface area contributed by atoms with E-state index in [1.807, 2.05) is 13.8 Å². The van der Waals surface area contributed by atoms with E-state index >= 15 is 0 Å². The molecule has 0 unspecified atom stereocenters. The first-order valence-corrected chi connectivity index (χ1v) is 21.0. The van der Waals surface area contributed by atoms with Gasteiger partial charge in [0.15, 0.2) is 5.78 Å². The van der Waals surface area contributed by atoms with E-state index in [2.05, 4.69) is 219 Å². The summed E-state index contributed by atoms with van der Waals surface area (Å²) in [6, 6.07) is 65.0. The molecule has 60 heavy (non-hydrogen) atoms. The second kappa shape index (κ2) is 14.1. The van der Waals surface area contributed by atoms with Gasteiger partial charge in [-0.2, -0.15) is 0 Å². The summed E-state index contributed by atoms with van der Waals surface area (Å²) in [7, 11) is 0. The van der Waals surface area contributed by atoms with Crippen molar-refractivity contribution in [2.75, 3.05) is 9.80 Å². The van der Waals surface area contributed by atoms with Crippen LogP contribution in [-0.2, 0) is 10.8 Å². The van der Waals surface area contributed by atoms with Crippen LogP contribution in [0.4, 0.5) is 34.1 Å². The van der Waals surface area contributed by atoms with Crippen LogP contribution in [0.15, 0.2) is 182 Å². The van der Waals surface area contributed by atoms with Crippen molar-refractivity contribution in [3.05, 3.63) is 226 Å². The zero-order chi connectivity index (χ0) is 41.3. The van der Waals surface area contributed by atoms with Crippen molar-refractivity contribution >= 4 is 39.9 Å². The summed E-state index contributed by atoms with van der Waals surface area (Å²) in [6.45, 7) is 13.3. The van der Waals surface area contributed by atoms with Gasteiger partial charge in [0.05, 0.1) is 22.7 Å². The van der Waals surface area contributed by atoms with Crippen LogP contribution in [0.3, 0.4) is 0 Å². The summed E-state index contributed by atoms with van der Waals surface area (Å²) >= 11 is 0. The van der Waals surface area contributed by atoms with Crippen LogP contribution in [0.1, 0.15) is 77.0 Å². The molecule has 8 aromatic rings. The van der Waals surface area contributed by atoms with Gasteiger partial charge in [-0.15, -0.1) is 0 Å². The number of hydrogen-bond acceptors (Lipinski definition) is 3. The average molecular weight is 777 g/mol. The van der Waals surface area contributed by atoms with Gasteiger partial charge in [0.25, 0.3) is 0 Å². The molecule has 0 saturated carbocycles. The van der Waals surface area contributed by atoms with E-state index in [-0.39, 0.29) is 16.6 Å². The van der Waals surface area contributed by atoms with Gasteiger partial charge >= 0.3 is 0 Å². The highest BCUT2D eigenvalue weighted by molar-refractivity contribution is 6.12. The lowest BCUT2D eigenvalue weighted by Crippen LogP contribution is -2.30. The van der Waals surface area contributed by atoms with Crippen molar-refractivity contribution in [2.45, 2.75) is 52.4 Å². The molecule has 3 nitrogen and oxygen atoms in total. The number of aryl methyl sites for hydroxylation is 2. The van der Waals surface area contributed by atoms with Crippen LogP contribution in [0.2, 0.25) is 0 Å². The van der Waals surface area contributed by atoms with E-state index in [1.54, 1.807) is 0 Å². The summed E-state index contributed by atoms with van der Waals surface area (Å²) in [5.41, 5.74) is 19.3. The Morgan fingerprint density at radius 3 is 1.03 bits per heavy atom. The molecule has 3 heteroatoms. The molecular weight excluding hydrogens is 729 g/mol. The molecule has 0 fully saturated rings. The number of hydrogen-bond donors (Lipinski definition) is 0. The average Bonchev–Trinajstić information content (AvgIpc) is 3.27. The SMILES string of the molecule is Cc1ccc(-c2cccc(N3c4ccccc4C(C)(C)c4ccccc43)c2)cc1C(=O)c1cc(-c2cccc(N3c4ccccc4C(C)(C)c4ccccc43)c2)ccc1C. The van der Waals surface area contributed by atoms with Crippen molar-refractivity contribution in [1.82, 2.24) is 0 Å². The first-order chi connectivity index (χ1) is 29.0. The fraction of sp³-hybridized carbons (Fsp3) is 0.140. The van der Waals surface area contributed by atoms with E-state index in [9.17, 15) is 4.79 Å². The summed E-state index contributed by atoms with van der Waals surface area (Å²) in [5, 5.41) is 0. The minimum Gasteiger partial charge on any atom is -0.310 e. The fourth-order valence-corrected chi connectivity index (χ4v) is 9.78. The zero-order valence-electron chi connectivity index (χ0n) is 35.1. The van der Waals surface area contributed by atoms with Gasteiger partial charge in [0.2, 0.25) is 0 Å². The molecule has 2 aliphatic rings. The lowest BCUT2D eigenvalue weighted by Gasteiger charge is -2.42. The molecule has 10 rings (SSSR count). The number of para-hydroxylation sites is 4. The van der Waals surface area contributed by atoms with Crippen LogP contribution < -0.4 is 9.80 Å². The Bertz CT molecular complexity index is 2700. The molecule has 0 atom stereocenters. The topological polar surface area (TPSA) is 23.6 Å². The van der Waals surface area contributed by atoms with Crippen molar-refractivity contribution in [3.8, 4) is 22.3 Å². The first-order valence-electron chi connectivity index (χ1n) is 21.0. The van der Waals surface area contributed by atoms with Gasteiger partial charge in [0.1, 0.15) is 0 Å². The van der Waals surface area contributed by atoms with Gasteiger partial charge in [-0.05, 0) is 130 Å². The van der Waals surface area contributed by atoms with E-state index in [0.29, 0.717) is 11.1 Å². The molecule has 0 spiro atoms. The largest absolute Gasteiger partial charge is 0.310 e. The van der Waals surface area contributed by atoms with Crippen LogP contribution >= 0.6 is 0 Å². The van der Waals surface area contributed by atoms with Crippen LogP contribution in [0.25, 0.3) is 22.3 Å². The Morgan fingerprint density at radius 1 is 0.367 bits per heavy atom. The highest BCUT2D eigenvalue weighted by Crippen LogP contribution is 2.53. The maximum absolute atomic E-state index is 14.7. The number of fused-ring (bicyclic) bond motifs is 4. The molecule has 0 radical (unpaired) electrons. The number of carbonyl (C=O) groups is 1. The Hall–Kier alpha value is -6.97. The maximum Gasteiger partial charge on any atom is 0.193 e. The van der Waals surface area contributed by atoms with E-state index < -0.39 is 0 Å². The highest BCUT2D eigenvalue weighted by atomic mass is 16.1. The molecule has 2 heterocycles. The summed E-state index contributed by atoms with van der Waals surface area (Å²) in [6.07, 6.45) is 0. The van der Waals surface area contributed by atoms with Crippen molar-refractivity contribution in [1.29, 1.82) is 0 Å². The van der Waals surface area contributed by atoms with Crippen LogP contribution in [0.5, 0.6) is 0 Å². The molecule has 0 saturated heterocycles. The summed E-state index contributed by atoms with van der Waals surface area (Å²) in [4.78, 5) is 19.5. The monoisotopic (exact) mass is 776 g/mol. The minimum absolute atomic E-state index is 0.0308. The molecule has 0 bridgehead atoms. The molecular formula is C57H48N2O. The second-order valence-electron chi connectivity index (χ2n) is 17.5. The number of anilines is 6. The quantitative estimate of drug-likeness (QED) is 0.157. The van der Waals surface area contributed by atoms with Gasteiger partial charge < -0.3 is 9.80 Å². The van der Waals surface area contributed by atoms with E-state index in [0.717, 1.165) is 44.8 Å². The Kier molecular flexibility index (Phi) is 8.77. The molecule has 0 aromatic heterocycles. The molecule has 8 aromatic carbocycles.